The Hall–Kier alpha value is -1.57. The first-order valence-corrected chi connectivity index (χ1v) is 7.69. The van der Waals surface area contributed by atoms with Crippen molar-refractivity contribution in [3.8, 4) is 11.8 Å². The van der Waals surface area contributed by atoms with E-state index in [4.69, 9.17) is 10.00 Å². The van der Waals surface area contributed by atoms with Gasteiger partial charge in [0.1, 0.15) is 24.5 Å². The van der Waals surface area contributed by atoms with Crippen molar-refractivity contribution in [2.45, 2.75) is 32.3 Å². The fourth-order valence-electron chi connectivity index (χ4n) is 2.89. The Kier molecular flexibility index (Phi) is 6.04. The Morgan fingerprint density at radius 2 is 2.24 bits per heavy atom. The number of nitrogens with zero attached hydrogens (tertiary/aromatic N) is 1. The summed E-state index contributed by atoms with van der Waals surface area (Å²) in [5.41, 5.74) is 0.498. The predicted molar refractivity (Wildman–Crippen MR) is 82.0 cm³/mol. The maximum absolute atomic E-state index is 9.93. The van der Waals surface area contributed by atoms with E-state index in [1.807, 2.05) is 6.07 Å². The maximum Gasteiger partial charge on any atom is 0.137 e. The van der Waals surface area contributed by atoms with Crippen LogP contribution in [0.2, 0.25) is 0 Å². The van der Waals surface area contributed by atoms with Crippen LogP contribution >= 0.6 is 0 Å². The van der Waals surface area contributed by atoms with Crippen LogP contribution in [0.4, 0.5) is 0 Å². The van der Waals surface area contributed by atoms with Crippen LogP contribution in [0.1, 0.15) is 31.7 Å². The van der Waals surface area contributed by atoms with Gasteiger partial charge in [-0.25, -0.2) is 0 Å². The molecule has 0 heterocycles. The molecule has 0 aliphatic heterocycles. The number of ether oxygens (including phenoxy) is 1. The fourth-order valence-corrected chi connectivity index (χ4v) is 2.89. The number of nitrogens with one attached hydrogen (secondary N) is 1. The standard InChI is InChI=1S/C17H24N2O2/c1-13-6-7-14(8-13)10-19-11-16(20)12-21-17-5-3-2-4-15(17)9-18/h2-5,13-14,16,19-20H,6-8,10-12H2,1H3. The zero-order valence-corrected chi connectivity index (χ0v) is 12.6. The lowest BCUT2D eigenvalue weighted by Crippen LogP contribution is -2.34. The molecule has 1 aromatic rings. The van der Waals surface area contributed by atoms with E-state index in [0.717, 1.165) is 18.4 Å². The summed E-state index contributed by atoms with van der Waals surface area (Å²) in [6, 6.07) is 9.16. The predicted octanol–water partition coefficient (Wildman–Crippen LogP) is 2.32. The minimum absolute atomic E-state index is 0.201. The molecule has 2 rings (SSSR count). The number of aliphatic hydroxyl groups is 1. The van der Waals surface area contributed by atoms with Gasteiger partial charge in [-0.1, -0.05) is 25.5 Å². The number of aliphatic hydroxyl groups excluding tert-OH is 1. The average Bonchev–Trinajstić information content (AvgIpc) is 2.91. The summed E-state index contributed by atoms with van der Waals surface area (Å²) in [5, 5.41) is 22.2. The van der Waals surface area contributed by atoms with Crippen LogP contribution in [-0.2, 0) is 0 Å². The molecule has 0 bridgehead atoms. The molecule has 3 unspecified atom stereocenters. The van der Waals surface area contributed by atoms with Crippen molar-refractivity contribution in [1.82, 2.24) is 5.32 Å². The van der Waals surface area contributed by atoms with Crippen LogP contribution in [0.5, 0.6) is 5.75 Å². The first kappa shape index (κ1) is 15.8. The molecule has 21 heavy (non-hydrogen) atoms. The number of hydrogen-bond donors (Lipinski definition) is 2. The van der Waals surface area contributed by atoms with Crippen molar-refractivity contribution in [2.75, 3.05) is 19.7 Å². The van der Waals surface area contributed by atoms with Crippen LogP contribution in [-0.4, -0.2) is 30.9 Å². The summed E-state index contributed by atoms with van der Waals surface area (Å²) in [7, 11) is 0. The quantitative estimate of drug-likeness (QED) is 0.808. The van der Waals surface area contributed by atoms with Crippen molar-refractivity contribution in [2.24, 2.45) is 11.8 Å². The highest BCUT2D eigenvalue weighted by atomic mass is 16.5. The van der Waals surface area contributed by atoms with Crippen LogP contribution in [0.3, 0.4) is 0 Å². The van der Waals surface area contributed by atoms with Gasteiger partial charge in [-0.3, -0.25) is 0 Å². The van der Waals surface area contributed by atoms with Gasteiger partial charge in [0.15, 0.2) is 0 Å². The Bertz CT molecular complexity index is 484. The first-order chi connectivity index (χ1) is 10.2. The molecule has 4 nitrogen and oxygen atoms in total. The average molecular weight is 288 g/mol. The summed E-state index contributed by atoms with van der Waals surface area (Å²) in [6.07, 6.45) is 3.34. The zero-order valence-electron chi connectivity index (χ0n) is 12.6. The van der Waals surface area contributed by atoms with E-state index in [2.05, 4.69) is 18.3 Å². The summed E-state index contributed by atoms with van der Waals surface area (Å²) >= 11 is 0. The SMILES string of the molecule is CC1CCC(CNCC(O)COc2ccccc2C#N)C1. The van der Waals surface area contributed by atoms with Crippen molar-refractivity contribution in [3.63, 3.8) is 0 Å². The Morgan fingerprint density at radius 3 is 2.95 bits per heavy atom. The van der Waals surface area contributed by atoms with E-state index in [0.29, 0.717) is 17.9 Å². The van der Waals surface area contributed by atoms with Crippen LogP contribution < -0.4 is 10.1 Å². The molecule has 1 aliphatic carbocycles. The molecule has 0 amide bonds. The van der Waals surface area contributed by atoms with Gasteiger partial charge in [-0.05, 0) is 43.4 Å². The molecular formula is C17H24N2O2. The smallest absolute Gasteiger partial charge is 0.137 e. The van der Waals surface area contributed by atoms with Gasteiger partial charge in [-0.15, -0.1) is 0 Å². The summed E-state index contributed by atoms with van der Waals surface area (Å²) < 4.78 is 5.52. The molecule has 114 valence electrons. The third kappa shape index (κ3) is 5.04. The number of hydrogen-bond acceptors (Lipinski definition) is 4. The van der Waals surface area contributed by atoms with Crippen molar-refractivity contribution < 1.29 is 9.84 Å². The van der Waals surface area contributed by atoms with Gasteiger partial charge < -0.3 is 15.2 Å². The van der Waals surface area contributed by atoms with E-state index in [1.54, 1.807) is 18.2 Å². The highest BCUT2D eigenvalue weighted by molar-refractivity contribution is 5.42. The third-order valence-corrected chi connectivity index (χ3v) is 4.06. The lowest BCUT2D eigenvalue weighted by atomic mass is 10.1. The molecule has 3 atom stereocenters. The molecule has 2 N–H and O–H groups in total. The second-order valence-corrected chi connectivity index (χ2v) is 6.02. The molecule has 0 aromatic heterocycles. The van der Waals surface area contributed by atoms with Gasteiger partial charge >= 0.3 is 0 Å². The molecule has 1 aromatic carbocycles. The van der Waals surface area contributed by atoms with Crippen LogP contribution in [0, 0.1) is 23.2 Å². The van der Waals surface area contributed by atoms with E-state index in [9.17, 15) is 5.11 Å². The van der Waals surface area contributed by atoms with Gasteiger partial charge in [0.25, 0.3) is 0 Å². The minimum Gasteiger partial charge on any atom is -0.489 e. The summed E-state index contributed by atoms with van der Waals surface area (Å²) in [4.78, 5) is 0. The molecule has 0 radical (unpaired) electrons. The Labute approximate surface area is 126 Å². The highest BCUT2D eigenvalue weighted by Gasteiger charge is 2.20. The molecule has 1 saturated carbocycles. The maximum atomic E-state index is 9.93. The van der Waals surface area contributed by atoms with Crippen LogP contribution in [0.15, 0.2) is 24.3 Å². The lowest BCUT2D eigenvalue weighted by molar-refractivity contribution is 0.105. The fraction of sp³-hybridized carbons (Fsp3) is 0.588. The highest BCUT2D eigenvalue weighted by Crippen LogP contribution is 2.29. The topological polar surface area (TPSA) is 65.3 Å². The Morgan fingerprint density at radius 1 is 1.43 bits per heavy atom. The van der Waals surface area contributed by atoms with Gasteiger partial charge in [0.05, 0.1) is 5.56 Å². The Balaban J connectivity index is 1.65. The lowest BCUT2D eigenvalue weighted by Gasteiger charge is -2.16. The largest absolute Gasteiger partial charge is 0.489 e. The zero-order chi connectivity index (χ0) is 15.1. The second-order valence-electron chi connectivity index (χ2n) is 6.02. The van der Waals surface area contributed by atoms with E-state index >= 15 is 0 Å². The number of nitriles is 1. The normalized spacial score (nSPS) is 22.7. The van der Waals surface area contributed by atoms with E-state index < -0.39 is 6.10 Å². The van der Waals surface area contributed by atoms with E-state index in [-0.39, 0.29) is 6.61 Å². The van der Waals surface area contributed by atoms with Crippen molar-refractivity contribution >= 4 is 0 Å². The van der Waals surface area contributed by atoms with Crippen molar-refractivity contribution in [1.29, 1.82) is 5.26 Å². The molecule has 0 spiro atoms. The number of benzene rings is 1. The number of rotatable bonds is 7. The van der Waals surface area contributed by atoms with Crippen molar-refractivity contribution in [3.05, 3.63) is 29.8 Å². The van der Waals surface area contributed by atoms with Gasteiger partial charge in [0, 0.05) is 6.54 Å². The third-order valence-electron chi connectivity index (χ3n) is 4.06. The molecular weight excluding hydrogens is 264 g/mol. The summed E-state index contributed by atoms with van der Waals surface area (Å²) in [6.45, 7) is 4.00. The molecule has 1 fully saturated rings. The van der Waals surface area contributed by atoms with Crippen LogP contribution in [0.25, 0.3) is 0 Å². The van der Waals surface area contributed by atoms with E-state index in [1.165, 1.54) is 19.3 Å². The molecule has 1 aliphatic rings. The minimum atomic E-state index is -0.560. The summed E-state index contributed by atoms with van der Waals surface area (Å²) in [5.74, 6) is 2.11. The number of para-hydroxylation sites is 1. The first-order valence-electron chi connectivity index (χ1n) is 7.69. The second kappa shape index (κ2) is 8.02. The van der Waals surface area contributed by atoms with Gasteiger partial charge in [-0.2, -0.15) is 5.26 Å². The monoisotopic (exact) mass is 288 g/mol. The van der Waals surface area contributed by atoms with Gasteiger partial charge in [0.2, 0.25) is 0 Å². The molecule has 0 saturated heterocycles. The molecule has 4 heteroatoms.